The highest BCUT2D eigenvalue weighted by Crippen LogP contribution is 2.31. The average molecular weight is 298 g/mol. The standard InChI is InChI=1S/C17H15FN2O2/c1-10-13-8-11(9-19-17(21)22)6-7-15(13)20-16(10)12-4-2-3-5-14(12)18/h2-8,19-20H,9H2,1H3,(H,21,22). The van der Waals surface area contributed by atoms with E-state index >= 15 is 0 Å². The molecule has 0 saturated heterocycles. The second kappa shape index (κ2) is 5.52. The molecule has 1 heterocycles. The highest BCUT2D eigenvalue weighted by Gasteiger charge is 2.13. The van der Waals surface area contributed by atoms with E-state index in [1.165, 1.54) is 6.07 Å². The smallest absolute Gasteiger partial charge is 0.404 e. The third kappa shape index (κ3) is 2.53. The van der Waals surface area contributed by atoms with E-state index in [1.54, 1.807) is 18.2 Å². The Morgan fingerprint density at radius 1 is 1.27 bits per heavy atom. The summed E-state index contributed by atoms with van der Waals surface area (Å²) in [6.45, 7) is 2.17. The number of benzene rings is 2. The van der Waals surface area contributed by atoms with Crippen molar-refractivity contribution in [2.75, 3.05) is 0 Å². The van der Waals surface area contributed by atoms with Crippen LogP contribution in [0, 0.1) is 12.7 Å². The van der Waals surface area contributed by atoms with E-state index in [0.29, 0.717) is 5.56 Å². The number of rotatable bonds is 3. The zero-order valence-electron chi connectivity index (χ0n) is 12.0. The van der Waals surface area contributed by atoms with Crippen LogP contribution < -0.4 is 5.32 Å². The summed E-state index contributed by atoms with van der Waals surface area (Å²) >= 11 is 0. The highest BCUT2D eigenvalue weighted by atomic mass is 19.1. The zero-order valence-corrected chi connectivity index (χ0v) is 12.0. The molecule has 1 aromatic heterocycles. The molecule has 3 rings (SSSR count). The van der Waals surface area contributed by atoms with Crippen LogP contribution in [0.4, 0.5) is 9.18 Å². The predicted octanol–water partition coefficient (Wildman–Crippen LogP) is 4.05. The Bertz CT molecular complexity index is 855. The fourth-order valence-electron chi connectivity index (χ4n) is 2.59. The van der Waals surface area contributed by atoms with Gasteiger partial charge in [0.15, 0.2) is 0 Å². The van der Waals surface area contributed by atoms with Crippen molar-refractivity contribution >= 4 is 17.0 Å². The Kier molecular flexibility index (Phi) is 3.55. The van der Waals surface area contributed by atoms with Gasteiger partial charge in [0, 0.05) is 23.0 Å². The van der Waals surface area contributed by atoms with Crippen molar-refractivity contribution < 1.29 is 14.3 Å². The Morgan fingerprint density at radius 2 is 2.05 bits per heavy atom. The number of hydrogen-bond donors (Lipinski definition) is 3. The van der Waals surface area contributed by atoms with Gasteiger partial charge in [0.2, 0.25) is 0 Å². The second-order valence-electron chi connectivity index (χ2n) is 5.14. The number of carboxylic acid groups (broad SMARTS) is 1. The number of fused-ring (bicyclic) bond motifs is 1. The molecule has 0 spiro atoms. The van der Waals surface area contributed by atoms with Crippen molar-refractivity contribution in [3.63, 3.8) is 0 Å². The van der Waals surface area contributed by atoms with Crippen LogP contribution in [-0.4, -0.2) is 16.2 Å². The maximum atomic E-state index is 14.0. The highest BCUT2D eigenvalue weighted by molar-refractivity contribution is 5.91. The first-order valence-electron chi connectivity index (χ1n) is 6.89. The van der Waals surface area contributed by atoms with Gasteiger partial charge in [0.25, 0.3) is 0 Å². The van der Waals surface area contributed by atoms with E-state index in [2.05, 4.69) is 10.3 Å². The molecule has 0 unspecified atom stereocenters. The predicted molar refractivity (Wildman–Crippen MR) is 83.3 cm³/mol. The summed E-state index contributed by atoms with van der Waals surface area (Å²) in [5.41, 5.74) is 3.97. The van der Waals surface area contributed by atoms with Crippen molar-refractivity contribution in [1.29, 1.82) is 0 Å². The summed E-state index contributed by atoms with van der Waals surface area (Å²) in [4.78, 5) is 13.8. The van der Waals surface area contributed by atoms with E-state index in [9.17, 15) is 9.18 Å². The van der Waals surface area contributed by atoms with Gasteiger partial charge in [-0.2, -0.15) is 0 Å². The normalized spacial score (nSPS) is 10.8. The number of carbonyl (C=O) groups is 1. The molecule has 4 nitrogen and oxygen atoms in total. The molecule has 112 valence electrons. The maximum absolute atomic E-state index is 14.0. The fraction of sp³-hybridized carbons (Fsp3) is 0.118. The van der Waals surface area contributed by atoms with Crippen LogP contribution in [0.1, 0.15) is 11.1 Å². The third-order valence-electron chi connectivity index (χ3n) is 3.71. The Balaban J connectivity index is 2.06. The van der Waals surface area contributed by atoms with Crippen molar-refractivity contribution in [2.24, 2.45) is 0 Å². The first-order valence-corrected chi connectivity index (χ1v) is 6.89. The molecule has 0 aliphatic carbocycles. The number of H-pyrrole nitrogens is 1. The first kappa shape index (κ1) is 14.1. The lowest BCUT2D eigenvalue weighted by atomic mass is 10.0. The quantitative estimate of drug-likeness (QED) is 0.683. The molecule has 2 aromatic carbocycles. The minimum absolute atomic E-state index is 0.241. The molecule has 3 N–H and O–H groups in total. The fourth-order valence-corrected chi connectivity index (χ4v) is 2.59. The van der Waals surface area contributed by atoms with Crippen LogP contribution in [0.25, 0.3) is 22.2 Å². The molecule has 0 radical (unpaired) electrons. The lowest BCUT2D eigenvalue weighted by Crippen LogP contribution is -2.19. The van der Waals surface area contributed by atoms with Crippen LogP contribution in [0.5, 0.6) is 0 Å². The van der Waals surface area contributed by atoms with Crippen LogP contribution in [0.15, 0.2) is 42.5 Å². The number of halogens is 1. The molecule has 3 aromatic rings. The van der Waals surface area contributed by atoms with E-state index in [4.69, 9.17) is 5.11 Å². The lowest BCUT2D eigenvalue weighted by molar-refractivity contribution is 0.194. The van der Waals surface area contributed by atoms with Crippen molar-refractivity contribution in [3.05, 3.63) is 59.4 Å². The molecule has 0 aliphatic heterocycles. The van der Waals surface area contributed by atoms with Gasteiger partial charge in [0.1, 0.15) is 5.82 Å². The molecule has 22 heavy (non-hydrogen) atoms. The monoisotopic (exact) mass is 298 g/mol. The van der Waals surface area contributed by atoms with Crippen LogP contribution in [-0.2, 0) is 6.54 Å². The SMILES string of the molecule is Cc1c(-c2ccccc2F)[nH]c2ccc(CNC(=O)O)cc12. The van der Waals surface area contributed by atoms with Crippen LogP contribution >= 0.6 is 0 Å². The maximum Gasteiger partial charge on any atom is 0.404 e. The molecular formula is C17H15FN2O2. The van der Waals surface area contributed by atoms with E-state index in [0.717, 1.165) is 27.7 Å². The Labute approximate surface area is 126 Å². The van der Waals surface area contributed by atoms with Crippen molar-refractivity contribution in [3.8, 4) is 11.3 Å². The van der Waals surface area contributed by atoms with Gasteiger partial charge < -0.3 is 15.4 Å². The number of amides is 1. The summed E-state index contributed by atoms with van der Waals surface area (Å²) < 4.78 is 14.0. The zero-order chi connectivity index (χ0) is 15.7. The van der Waals surface area contributed by atoms with Crippen molar-refractivity contribution in [1.82, 2.24) is 10.3 Å². The lowest BCUT2D eigenvalue weighted by Gasteiger charge is -2.02. The summed E-state index contributed by atoms with van der Waals surface area (Å²) in [5, 5.41) is 12.0. The van der Waals surface area contributed by atoms with Gasteiger partial charge in [-0.05, 0) is 42.3 Å². The van der Waals surface area contributed by atoms with Crippen LogP contribution in [0.2, 0.25) is 0 Å². The molecule has 0 aliphatic rings. The minimum Gasteiger partial charge on any atom is -0.465 e. The number of aryl methyl sites for hydroxylation is 1. The molecule has 0 fully saturated rings. The van der Waals surface area contributed by atoms with E-state index in [1.807, 2.05) is 25.1 Å². The molecular weight excluding hydrogens is 283 g/mol. The summed E-state index contributed by atoms with van der Waals surface area (Å²) in [6, 6.07) is 12.3. The number of aromatic nitrogens is 1. The largest absolute Gasteiger partial charge is 0.465 e. The van der Waals surface area contributed by atoms with Gasteiger partial charge in [-0.3, -0.25) is 0 Å². The molecule has 0 saturated carbocycles. The van der Waals surface area contributed by atoms with Gasteiger partial charge in [-0.1, -0.05) is 18.2 Å². The topological polar surface area (TPSA) is 65.1 Å². The van der Waals surface area contributed by atoms with E-state index in [-0.39, 0.29) is 12.4 Å². The average Bonchev–Trinajstić information content (AvgIpc) is 2.82. The Hall–Kier alpha value is -2.82. The van der Waals surface area contributed by atoms with Crippen molar-refractivity contribution in [2.45, 2.75) is 13.5 Å². The third-order valence-corrected chi connectivity index (χ3v) is 3.71. The van der Waals surface area contributed by atoms with Gasteiger partial charge >= 0.3 is 6.09 Å². The molecule has 0 atom stereocenters. The van der Waals surface area contributed by atoms with Crippen LogP contribution in [0.3, 0.4) is 0 Å². The van der Waals surface area contributed by atoms with Gasteiger partial charge in [-0.25, -0.2) is 9.18 Å². The number of aromatic amines is 1. The number of nitrogens with one attached hydrogen (secondary N) is 2. The van der Waals surface area contributed by atoms with Gasteiger partial charge in [0.05, 0.1) is 5.69 Å². The molecule has 1 amide bonds. The summed E-state index contributed by atoms with van der Waals surface area (Å²) in [7, 11) is 0. The van der Waals surface area contributed by atoms with Gasteiger partial charge in [-0.15, -0.1) is 0 Å². The minimum atomic E-state index is -1.06. The number of hydrogen-bond acceptors (Lipinski definition) is 1. The first-order chi connectivity index (χ1) is 10.6. The summed E-state index contributed by atoms with van der Waals surface area (Å²) in [5.74, 6) is -0.273. The molecule has 0 bridgehead atoms. The van der Waals surface area contributed by atoms with E-state index < -0.39 is 6.09 Å². The molecule has 5 heteroatoms. The Morgan fingerprint density at radius 3 is 2.77 bits per heavy atom. The summed E-state index contributed by atoms with van der Waals surface area (Å²) in [6.07, 6.45) is -1.06. The second-order valence-corrected chi connectivity index (χ2v) is 5.14.